The fourth-order valence-electron chi connectivity index (χ4n) is 1.52. The number of anilines is 1. The summed E-state index contributed by atoms with van der Waals surface area (Å²) in [5.41, 5.74) is 2.05. The van der Waals surface area contributed by atoms with E-state index in [-0.39, 0.29) is 5.91 Å². The first-order chi connectivity index (χ1) is 8.97. The third kappa shape index (κ3) is 3.50. The van der Waals surface area contributed by atoms with Gasteiger partial charge in [-0.1, -0.05) is 29.3 Å². The molecule has 0 aliphatic heterocycles. The molecule has 0 radical (unpaired) electrons. The molecule has 2 aromatic carbocycles. The first kappa shape index (κ1) is 14.4. The Labute approximate surface area is 129 Å². The van der Waals surface area contributed by atoms with Crippen LogP contribution in [0.2, 0.25) is 10.0 Å². The van der Waals surface area contributed by atoms with E-state index in [4.69, 9.17) is 23.2 Å². The first-order valence-corrected chi connectivity index (χ1v) is 7.05. The monoisotopic (exact) mass is 357 g/mol. The van der Waals surface area contributed by atoms with Gasteiger partial charge in [-0.25, -0.2) is 0 Å². The van der Waals surface area contributed by atoms with Gasteiger partial charge < -0.3 is 5.32 Å². The van der Waals surface area contributed by atoms with Crippen molar-refractivity contribution >= 4 is 50.7 Å². The molecule has 2 rings (SSSR count). The number of rotatable bonds is 2. The molecule has 0 unspecified atom stereocenters. The van der Waals surface area contributed by atoms with Crippen molar-refractivity contribution in [3.05, 3.63) is 62.0 Å². The minimum absolute atomic E-state index is 0.232. The minimum atomic E-state index is -0.232. The lowest BCUT2D eigenvalue weighted by atomic mass is 10.1. The molecule has 19 heavy (non-hydrogen) atoms. The normalized spacial score (nSPS) is 10.3. The van der Waals surface area contributed by atoms with E-state index in [1.807, 2.05) is 13.0 Å². The summed E-state index contributed by atoms with van der Waals surface area (Å²) in [6, 6.07) is 10.4. The summed E-state index contributed by atoms with van der Waals surface area (Å²) in [4.78, 5) is 12.1. The topological polar surface area (TPSA) is 29.1 Å². The second-order valence-corrected chi connectivity index (χ2v) is 5.74. The summed E-state index contributed by atoms with van der Waals surface area (Å²) in [5.74, 6) is -0.232. The highest BCUT2D eigenvalue weighted by Crippen LogP contribution is 2.26. The molecule has 98 valence electrons. The van der Waals surface area contributed by atoms with Crippen LogP contribution in [0.15, 0.2) is 40.9 Å². The Morgan fingerprint density at radius 3 is 2.58 bits per heavy atom. The molecule has 0 saturated carbocycles. The summed E-state index contributed by atoms with van der Waals surface area (Å²) < 4.78 is 0.767. The Kier molecular flexibility index (Phi) is 4.50. The molecule has 1 amide bonds. The van der Waals surface area contributed by atoms with E-state index < -0.39 is 0 Å². The van der Waals surface area contributed by atoms with E-state index >= 15 is 0 Å². The number of aryl methyl sites for hydroxylation is 1. The van der Waals surface area contributed by atoms with Crippen LogP contribution in [0, 0.1) is 6.92 Å². The van der Waals surface area contributed by atoms with Crippen LogP contribution in [0.3, 0.4) is 0 Å². The van der Waals surface area contributed by atoms with Crippen molar-refractivity contribution in [2.24, 2.45) is 0 Å². The van der Waals surface area contributed by atoms with E-state index in [1.165, 1.54) is 0 Å². The van der Waals surface area contributed by atoms with Gasteiger partial charge in [-0.05, 0) is 58.7 Å². The maximum Gasteiger partial charge on any atom is 0.255 e. The Hall–Kier alpha value is -1.03. The first-order valence-electron chi connectivity index (χ1n) is 5.50. The molecule has 0 aliphatic carbocycles. The Bertz CT molecular complexity index is 643. The lowest BCUT2D eigenvalue weighted by Gasteiger charge is -2.08. The zero-order chi connectivity index (χ0) is 14.0. The average Bonchev–Trinajstić information content (AvgIpc) is 2.37. The van der Waals surface area contributed by atoms with Crippen molar-refractivity contribution in [1.82, 2.24) is 0 Å². The molecule has 0 saturated heterocycles. The lowest BCUT2D eigenvalue weighted by molar-refractivity contribution is 0.102. The van der Waals surface area contributed by atoms with Crippen molar-refractivity contribution in [3.63, 3.8) is 0 Å². The van der Waals surface area contributed by atoms with E-state index in [1.54, 1.807) is 30.3 Å². The summed E-state index contributed by atoms with van der Waals surface area (Å²) in [5, 5.41) is 3.91. The number of halogens is 3. The molecule has 0 heterocycles. The Morgan fingerprint density at radius 2 is 1.89 bits per heavy atom. The highest BCUT2D eigenvalue weighted by atomic mass is 79.9. The van der Waals surface area contributed by atoms with Crippen molar-refractivity contribution in [2.45, 2.75) is 6.92 Å². The van der Waals surface area contributed by atoms with Gasteiger partial charge in [0.15, 0.2) is 0 Å². The number of nitrogens with one attached hydrogen (secondary N) is 1. The standard InChI is InChI=1S/C14H10BrCl2NO/c1-8-2-3-9(6-12(8)17)14(19)18-13-7-10(16)4-5-11(13)15/h2-7H,1H3,(H,18,19). The second-order valence-electron chi connectivity index (χ2n) is 4.04. The van der Waals surface area contributed by atoms with Gasteiger partial charge >= 0.3 is 0 Å². The Balaban J connectivity index is 2.25. The number of carbonyl (C=O) groups excluding carboxylic acids is 1. The lowest BCUT2D eigenvalue weighted by Crippen LogP contribution is -2.12. The quantitative estimate of drug-likeness (QED) is 0.773. The number of hydrogen-bond acceptors (Lipinski definition) is 1. The predicted octanol–water partition coefficient (Wildman–Crippen LogP) is 5.32. The van der Waals surface area contributed by atoms with Gasteiger partial charge in [-0.15, -0.1) is 0 Å². The molecule has 5 heteroatoms. The second kappa shape index (κ2) is 5.95. The van der Waals surface area contributed by atoms with Crippen LogP contribution >= 0.6 is 39.1 Å². The zero-order valence-electron chi connectivity index (χ0n) is 10.0. The zero-order valence-corrected chi connectivity index (χ0v) is 13.1. The minimum Gasteiger partial charge on any atom is -0.321 e. The summed E-state index contributed by atoms with van der Waals surface area (Å²) >= 11 is 15.3. The van der Waals surface area contributed by atoms with Crippen LogP contribution in [0.4, 0.5) is 5.69 Å². The third-order valence-corrected chi connectivity index (χ3v) is 3.94. The number of carbonyl (C=O) groups is 1. The van der Waals surface area contributed by atoms with Gasteiger partial charge in [0, 0.05) is 20.1 Å². The number of amides is 1. The third-order valence-electron chi connectivity index (χ3n) is 2.61. The summed E-state index contributed by atoms with van der Waals surface area (Å²) in [6.45, 7) is 1.89. The SMILES string of the molecule is Cc1ccc(C(=O)Nc2cc(Cl)ccc2Br)cc1Cl. The van der Waals surface area contributed by atoms with E-state index in [9.17, 15) is 4.79 Å². The molecular formula is C14H10BrCl2NO. The molecule has 2 aromatic rings. The van der Waals surface area contributed by atoms with E-state index in [2.05, 4.69) is 21.2 Å². The van der Waals surface area contributed by atoms with Gasteiger partial charge in [0.25, 0.3) is 5.91 Å². The van der Waals surface area contributed by atoms with Gasteiger partial charge in [-0.3, -0.25) is 4.79 Å². The van der Waals surface area contributed by atoms with Crippen LogP contribution in [0.5, 0.6) is 0 Å². The molecule has 0 fully saturated rings. The molecule has 0 atom stereocenters. The molecule has 0 bridgehead atoms. The predicted molar refractivity (Wildman–Crippen MR) is 83.3 cm³/mol. The Morgan fingerprint density at radius 1 is 1.16 bits per heavy atom. The van der Waals surface area contributed by atoms with E-state index in [0.29, 0.717) is 21.3 Å². The number of benzene rings is 2. The van der Waals surface area contributed by atoms with Crippen LogP contribution in [-0.4, -0.2) is 5.91 Å². The van der Waals surface area contributed by atoms with Crippen molar-refractivity contribution in [1.29, 1.82) is 0 Å². The van der Waals surface area contributed by atoms with Gasteiger partial charge in [0.1, 0.15) is 0 Å². The van der Waals surface area contributed by atoms with Gasteiger partial charge in [0.2, 0.25) is 0 Å². The molecule has 2 nitrogen and oxygen atoms in total. The highest BCUT2D eigenvalue weighted by Gasteiger charge is 2.10. The van der Waals surface area contributed by atoms with Crippen LogP contribution in [0.25, 0.3) is 0 Å². The molecule has 0 aromatic heterocycles. The van der Waals surface area contributed by atoms with Gasteiger partial charge in [-0.2, -0.15) is 0 Å². The molecule has 0 spiro atoms. The van der Waals surface area contributed by atoms with Crippen LogP contribution < -0.4 is 5.32 Å². The van der Waals surface area contributed by atoms with Crippen molar-refractivity contribution < 1.29 is 4.79 Å². The average molecular weight is 359 g/mol. The van der Waals surface area contributed by atoms with E-state index in [0.717, 1.165) is 10.0 Å². The molecule has 0 aliphatic rings. The summed E-state index contributed by atoms with van der Waals surface area (Å²) in [7, 11) is 0. The fourth-order valence-corrected chi connectivity index (χ4v) is 2.22. The van der Waals surface area contributed by atoms with Crippen LogP contribution in [-0.2, 0) is 0 Å². The largest absolute Gasteiger partial charge is 0.321 e. The maximum absolute atomic E-state index is 12.1. The van der Waals surface area contributed by atoms with Crippen molar-refractivity contribution in [2.75, 3.05) is 5.32 Å². The molecular weight excluding hydrogens is 349 g/mol. The smallest absolute Gasteiger partial charge is 0.255 e. The fraction of sp³-hybridized carbons (Fsp3) is 0.0714. The molecule has 1 N–H and O–H groups in total. The van der Waals surface area contributed by atoms with Crippen LogP contribution in [0.1, 0.15) is 15.9 Å². The number of hydrogen-bond donors (Lipinski definition) is 1. The van der Waals surface area contributed by atoms with Crippen molar-refractivity contribution in [3.8, 4) is 0 Å². The summed E-state index contributed by atoms with van der Waals surface area (Å²) in [6.07, 6.45) is 0. The van der Waals surface area contributed by atoms with Gasteiger partial charge in [0.05, 0.1) is 5.69 Å². The highest BCUT2D eigenvalue weighted by molar-refractivity contribution is 9.10. The maximum atomic E-state index is 12.1.